The number of thiocarbonyl (C=S) groups is 1. The van der Waals surface area contributed by atoms with Crippen LogP contribution in [0, 0.1) is 0 Å². The number of carbonyl (C=O) groups is 2. The maximum atomic E-state index is 10.8. The molecule has 0 aliphatic heterocycles. The first-order valence-corrected chi connectivity index (χ1v) is 3.97. The summed E-state index contributed by atoms with van der Waals surface area (Å²) in [5.74, 6) is -1.14. The Morgan fingerprint density at radius 1 is 1.46 bits per heavy atom. The molecule has 0 aliphatic carbocycles. The number of amides is 1. The number of esters is 1. The minimum atomic E-state index is -0.593. The van der Waals surface area contributed by atoms with Crippen molar-refractivity contribution in [2.75, 3.05) is 6.61 Å². The second-order valence-electron chi connectivity index (χ2n) is 2.02. The minimum absolute atomic E-state index is 0.0720. The largest absolute Gasteiger partial charge is 0.466 e. The average molecular weight is 205 g/mol. The topological polar surface area (TPSA) is 93.5 Å². The van der Waals surface area contributed by atoms with Crippen molar-refractivity contribution in [2.45, 2.75) is 13.3 Å². The van der Waals surface area contributed by atoms with Crippen molar-refractivity contribution in [1.82, 2.24) is 10.9 Å². The van der Waals surface area contributed by atoms with Crippen molar-refractivity contribution in [3.8, 4) is 0 Å². The van der Waals surface area contributed by atoms with Gasteiger partial charge < -0.3 is 10.5 Å². The van der Waals surface area contributed by atoms with E-state index in [1.54, 1.807) is 6.92 Å². The molecule has 0 spiro atoms. The van der Waals surface area contributed by atoms with Gasteiger partial charge in [0.1, 0.15) is 6.42 Å². The highest BCUT2D eigenvalue weighted by Gasteiger charge is 2.08. The van der Waals surface area contributed by atoms with Crippen LogP contribution in [0.2, 0.25) is 0 Å². The minimum Gasteiger partial charge on any atom is -0.466 e. The highest BCUT2D eigenvalue weighted by atomic mass is 32.1. The van der Waals surface area contributed by atoms with Gasteiger partial charge in [-0.05, 0) is 19.1 Å². The molecule has 0 heterocycles. The monoisotopic (exact) mass is 205 g/mol. The maximum absolute atomic E-state index is 10.8. The van der Waals surface area contributed by atoms with Gasteiger partial charge in [0.2, 0.25) is 5.91 Å². The van der Waals surface area contributed by atoms with Gasteiger partial charge in [0.25, 0.3) is 0 Å². The van der Waals surface area contributed by atoms with Crippen LogP contribution in [0.25, 0.3) is 0 Å². The molecule has 0 aliphatic rings. The standard InChI is InChI=1S/C6H11N3O3S/c1-2-12-5(11)3-4(10)8-9-6(7)13/h2-3H2,1H3,(H,8,10)(H3,7,9,13). The fourth-order valence-corrected chi connectivity index (χ4v) is 0.570. The SMILES string of the molecule is CCOC(=O)CC(=O)NNC(N)=S. The number of nitrogens with two attached hydrogens (primary N) is 1. The molecule has 0 fully saturated rings. The smallest absolute Gasteiger partial charge is 0.315 e. The van der Waals surface area contributed by atoms with E-state index < -0.39 is 11.9 Å². The first-order chi connectivity index (χ1) is 6.06. The van der Waals surface area contributed by atoms with Crippen molar-refractivity contribution < 1.29 is 14.3 Å². The van der Waals surface area contributed by atoms with Crippen molar-refractivity contribution >= 4 is 29.2 Å². The number of carbonyl (C=O) groups excluding carboxylic acids is 2. The molecule has 0 aromatic carbocycles. The number of hydrogen-bond donors (Lipinski definition) is 3. The summed E-state index contributed by atoms with van der Waals surface area (Å²) in [6.07, 6.45) is -0.358. The molecule has 6 nitrogen and oxygen atoms in total. The molecule has 0 atom stereocenters. The van der Waals surface area contributed by atoms with Crippen LogP contribution in [0.3, 0.4) is 0 Å². The molecule has 7 heteroatoms. The molecule has 0 saturated carbocycles. The van der Waals surface area contributed by atoms with Crippen LogP contribution in [-0.4, -0.2) is 23.6 Å². The Kier molecular flexibility index (Phi) is 5.53. The summed E-state index contributed by atoms with van der Waals surface area (Å²) >= 11 is 4.41. The fourth-order valence-electron chi connectivity index (χ4n) is 0.519. The lowest BCUT2D eigenvalue weighted by molar-refractivity contribution is -0.146. The highest BCUT2D eigenvalue weighted by Crippen LogP contribution is 1.84. The Morgan fingerprint density at radius 3 is 2.54 bits per heavy atom. The highest BCUT2D eigenvalue weighted by molar-refractivity contribution is 7.80. The second kappa shape index (κ2) is 6.18. The predicted octanol–water partition coefficient (Wildman–Crippen LogP) is -1.20. The molecule has 0 unspecified atom stereocenters. The second-order valence-corrected chi connectivity index (χ2v) is 2.46. The van der Waals surface area contributed by atoms with Gasteiger partial charge in [0, 0.05) is 0 Å². The van der Waals surface area contributed by atoms with E-state index in [1.807, 2.05) is 0 Å². The molecule has 13 heavy (non-hydrogen) atoms. The van der Waals surface area contributed by atoms with E-state index >= 15 is 0 Å². The zero-order chi connectivity index (χ0) is 10.3. The molecule has 0 saturated heterocycles. The lowest BCUT2D eigenvalue weighted by atomic mass is 10.4. The predicted molar refractivity (Wildman–Crippen MR) is 49.3 cm³/mol. The zero-order valence-electron chi connectivity index (χ0n) is 7.12. The summed E-state index contributed by atoms with van der Waals surface area (Å²) in [7, 11) is 0. The number of ether oxygens (including phenoxy) is 1. The Morgan fingerprint density at radius 2 is 2.08 bits per heavy atom. The molecule has 74 valence electrons. The number of rotatable bonds is 3. The van der Waals surface area contributed by atoms with Gasteiger partial charge in [0.15, 0.2) is 5.11 Å². The lowest BCUT2D eigenvalue weighted by Crippen LogP contribution is -2.44. The molecule has 0 bridgehead atoms. The summed E-state index contributed by atoms with van der Waals surface area (Å²) in [6, 6.07) is 0. The van der Waals surface area contributed by atoms with E-state index in [-0.39, 0.29) is 18.1 Å². The summed E-state index contributed by atoms with van der Waals surface area (Å²) in [6.45, 7) is 1.90. The Balaban J connectivity index is 3.62. The van der Waals surface area contributed by atoms with Crippen LogP contribution >= 0.6 is 12.2 Å². The summed E-state index contributed by atoms with van der Waals surface area (Å²) in [4.78, 5) is 21.6. The van der Waals surface area contributed by atoms with E-state index in [1.165, 1.54) is 0 Å². The van der Waals surface area contributed by atoms with Crippen LogP contribution in [-0.2, 0) is 14.3 Å². The summed E-state index contributed by atoms with van der Waals surface area (Å²) in [5.41, 5.74) is 9.33. The van der Waals surface area contributed by atoms with E-state index in [9.17, 15) is 9.59 Å². The first kappa shape index (κ1) is 11.6. The average Bonchev–Trinajstić information content (AvgIpc) is 2.01. The van der Waals surface area contributed by atoms with E-state index in [0.29, 0.717) is 0 Å². The summed E-state index contributed by atoms with van der Waals surface area (Å²) in [5, 5.41) is -0.0720. The van der Waals surface area contributed by atoms with E-state index in [0.717, 1.165) is 0 Å². The van der Waals surface area contributed by atoms with Crippen molar-refractivity contribution in [1.29, 1.82) is 0 Å². The quantitative estimate of drug-likeness (QED) is 0.232. The van der Waals surface area contributed by atoms with Gasteiger partial charge in [-0.1, -0.05) is 0 Å². The van der Waals surface area contributed by atoms with Gasteiger partial charge in [-0.2, -0.15) is 0 Å². The number of nitrogens with one attached hydrogen (secondary N) is 2. The van der Waals surface area contributed by atoms with Gasteiger partial charge in [0.05, 0.1) is 6.61 Å². The Hall–Kier alpha value is -1.37. The van der Waals surface area contributed by atoms with Crippen molar-refractivity contribution in [3.05, 3.63) is 0 Å². The molecule has 0 rings (SSSR count). The molecular formula is C6H11N3O3S. The van der Waals surface area contributed by atoms with Gasteiger partial charge >= 0.3 is 5.97 Å². The Bertz CT molecular complexity index is 219. The molecule has 0 radical (unpaired) electrons. The molecular weight excluding hydrogens is 194 g/mol. The third-order valence-corrected chi connectivity index (χ3v) is 1.04. The zero-order valence-corrected chi connectivity index (χ0v) is 7.94. The normalized spacial score (nSPS) is 8.69. The Labute approximate surface area is 80.8 Å². The van der Waals surface area contributed by atoms with Crippen molar-refractivity contribution in [2.24, 2.45) is 5.73 Å². The first-order valence-electron chi connectivity index (χ1n) is 3.56. The maximum Gasteiger partial charge on any atom is 0.315 e. The van der Waals surface area contributed by atoms with Gasteiger partial charge in [-0.3, -0.25) is 20.4 Å². The summed E-state index contributed by atoms with van der Waals surface area (Å²) < 4.78 is 4.53. The van der Waals surface area contributed by atoms with Gasteiger partial charge in [-0.15, -0.1) is 0 Å². The van der Waals surface area contributed by atoms with Crippen LogP contribution in [0.1, 0.15) is 13.3 Å². The van der Waals surface area contributed by atoms with Crippen LogP contribution < -0.4 is 16.6 Å². The van der Waals surface area contributed by atoms with Crippen LogP contribution in [0.5, 0.6) is 0 Å². The van der Waals surface area contributed by atoms with Gasteiger partial charge in [-0.25, -0.2) is 0 Å². The molecule has 1 amide bonds. The van der Waals surface area contributed by atoms with E-state index in [4.69, 9.17) is 5.73 Å². The molecule has 0 aromatic heterocycles. The number of hydrazine groups is 1. The fraction of sp³-hybridized carbons (Fsp3) is 0.500. The molecule has 4 N–H and O–H groups in total. The van der Waals surface area contributed by atoms with Crippen LogP contribution in [0.4, 0.5) is 0 Å². The number of hydrogen-bond acceptors (Lipinski definition) is 4. The molecule has 0 aromatic rings. The lowest BCUT2D eigenvalue weighted by Gasteiger charge is -2.05. The van der Waals surface area contributed by atoms with Crippen LogP contribution in [0.15, 0.2) is 0 Å². The van der Waals surface area contributed by atoms with Crippen molar-refractivity contribution in [3.63, 3.8) is 0 Å². The third-order valence-electron chi connectivity index (χ3n) is 0.935. The van der Waals surface area contributed by atoms with E-state index in [2.05, 4.69) is 27.8 Å². The third kappa shape index (κ3) is 7.01.